The summed E-state index contributed by atoms with van der Waals surface area (Å²) in [6.07, 6.45) is -0.305. The van der Waals surface area contributed by atoms with Crippen LogP contribution in [-0.2, 0) is 18.0 Å². The molecule has 0 aliphatic rings. The van der Waals surface area contributed by atoms with Gasteiger partial charge in [-0.2, -0.15) is 0 Å². The van der Waals surface area contributed by atoms with Gasteiger partial charge in [0, 0.05) is 6.07 Å². The zero-order valence-corrected chi connectivity index (χ0v) is 18.5. The van der Waals surface area contributed by atoms with Crippen molar-refractivity contribution in [3.63, 3.8) is 0 Å². The zero-order chi connectivity index (χ0) is 24.9. The Bertz CT molecular complexity index is 1230. The second-order valence-corrected chi connectivity index (χ2v) is 6.90. The molecule has 0 saturated carbocycles. The molecule has 0 atom stereocenters. The fourth-order valence-electron chi connectivity index (χ4n) is 2.70. The zero-order valence-electron chi connectivity index (χ0n) is 18.5. The van der Waals surface area contributed by atoms with Crippen molar-refractivity contribution in [1.82, 2.24) is 10.2 Å². The summed E-state index contributed by atoms with van der Waals surface area (Å²) < 4.78 is 52.9. The highest BCUT2D eigenvalue weighted by atomic mass is 19.4. The highest BCUT2D eigenvalue weighted by molar-refractivity contribution is 5.41. The lowest BCUT2D eigenvalue weighted by Crippen LogP contribution is -2.11. The van der Waals surface area contributed by atoms with Crippen LogP contribution in [-0.4, -0.2) is 16.6 Å². The Morgan fingerprint density at radius 2 is 1.54 bits per heavy atom. The van der Waals surface area contributed by atoms with Gasteiger partial charge in [-0.25, -0.2) is 0 Å². The van der Waals surface area contributed by atoms with E-state index in [1.165, 1.54) is 12.2 Å². The number of aromatic nitrogens is 2. The van der Waals surface area contributed by atoms with Crippen molar-refractivity contribution in [2.24, 2.45) is 0 Å². The van der Waals surface area contributed by atoms with E-state index in [1.807, 2.05) is 60.7 Å². The van der Waals surface area contributed by atoms with E-state index in [4.69, 9.17) is 9.47 Å². The van der Waals surface area contributed by atoms with Gasteiger partial charge in [-0.3, -0.25) is 0 Å². The Balaban J connectivity index is 1.76. The van der Waals surface area contributed by atoms with Crippen LogP contribution in [0.4, 0.5) is 13.2 Å². The second-order valence-electron chi connectivity index (χ2n) is 6.90. The first-order chi connectivity index (χ1) is 16.9. The lowest BCUT2D eigenvalue weighted by atomic mass is 10.2. The van der Waals surface area contributed by atoms with Gasteiger partial charge in [-0.15, -0.1) is 23.4 Å². The fourth-order valence-corrected chi connectivity index (χ4v) is 2.70. The third kappa shape index (κ3) is 9.10. The maximum absolute atomic E-state index is 12.4. The Morgan fingerprint density at radius 1 is 0.914 bits per heavy atom. The van der Waals surface area contributed by atoms with Gasteiger partial charge in [-0.1, -0.05) is 79.2 Å². The predicted molar refractivity (Wildman–Crippen MR) is 125 cm³/mol. The quantitative estimate of drug-likeness (QED) is 0.210. The molecule has 0 aliphatic carbocycles. The van der Waals surface area contributed by atoms with Crippen LogP contribution >= 0.6 is 0 Å². The van der Waals surface area contributed by atoms with Gasteiger partial charge in [0.05, 0.1) is 0 Å². The summed E-state index contributed by atoms with van der Waals surface area (Å²) in [6.45, 7) is 3.90. The van der Waals surface area contributed by atoms with E-state index < -0.39 is 12.1 Å². The standard InChI is InChI=1S/C27H21F3N2O3/c1-2-11-24(35-27(28,29)30)17-10-9-16-23-18-25(33-19-21-12-5-3-6-13-21)26(32-31-23)34-20-22-14-7-4-8-15-22/h2-8,10-15,17-18H,1,19-20H2/b17-10-,24-11+. The maximum Gasteiger partial charge on any atom is 0.573 e. The van der Waals surface area contributed by atoms with Crippen LogP contribution in [0.1, 0.15) is 16.8 Å². The number of nitrogens with zero attached hydrogens (tertiary/aromatic N) is 2. The normalized spacial score (nSPS) is 11.5. The molecule has 178 valence electrons. The molecule has 5 nitrogen and oxygen atoms in total. The molecule has 0 radical (unpaired) electrons. The van der Waals surface area contributed by atoms with Crippen molar-refractivity contribution >= 4 is 0 Å². The van der Waals surface area contributed by atoms with Gasteiger partial charge in [0.1, 0.15) is 24.7 Å². The van der Waals surface area contributed by atoms with E-state index in [1.54, 1.807) is 6.07 Å². The lowest BCUT2D eigenvalue weighted by molar-refractivity contribution is -0.303. The smallest absolute Gasteiger partial charge is 0.483 e. The van der Waals surface area contributed by atoms with Crippen LogP contribution < -0.4 is 9.47 Å². The molecule has 0 bridgehead atoms. The third-order valence-electron chi connectivity index (χ3n) is 4.23. The molecule has 3 aromatic rings. The molecule has 35 heavy (non-hydrogen) atoms. The minimum absolute atomic E-state index is 0.195. The summed E-state index contributed by atoms with van der Waals surface area (Å²) in [4.78, 5) is 0. The Kier molecular flexibility index (Phi) is 9.08. The topological polar surface area (TPSA) is 53.5 Å². The number of benzene rings is 2. The SMILES string of the molecule is C=C/C=C(\C=C/C#Cc1cc(OCc2ccccc2)c(OCc2ccccc2)nn1)OC(F)(F)F. The van der Waals surface area contributed by atoms with Crippen molar-refractivity contribution in [3.05, 3.63) is 120 Å². The first-order valence-electron chi connectivity index (χ1n) is 10.4. The molecule has 0 saturated heterocycles. The second kappa shape index (κ2) is 12.7. The Labute approximate surface area is 201 Å². The first kappa shape index (κ1) is 25.1. The Hall–Kier alpha value is -4.51. The van der Waals surface area contributed by atoms with E-state index in [2.05, 4.69) is 33.4 Å². The van der Waals surface area contributed by atoms with Crippen molar-refractivity contribution < 1.29 is 27.4 Å². The van der Waals surface area contributed by atoms with E-state index >= 15 is 0 Å². The van der Waals surface area contributed by atoms with Gasteiger partial charge < -0.3 is 14.2 Å². The molecule has 1 aromatic heterocycles. The van der Waals surface area contributed by atoms with Gasteiger partial charge in [0.2, 0.25) is 0 Å². The first-order valence-corrected chi connectivity index (χ1v) is 10.4. The Morgan fingerprint density at radius 3 is 2.14 bits per heavy atom. The minimum atomic E-state index is -4.82. The lowest BCUT2D eigenvalue weighted by Gasteiger charge is -2.11. The van der Waals surface area contributed by atoms with E-state index in [0.717, 1.165) is 23.3 Å². The van der Waals surface area contributed by atoms with Gasteiger partial charge in [0.15, 0.2) is 5.75 Å². The summed E-state index contributed by atoms with van der Waals surface area (Å²) in [7, 11) is 0. The average Bonchev–Trinajstić information content (AvgIpc) is 2.85. The molecule has 0 N–H and O–H groups in total. The molecule has 0 fully saturated rings. The average molecular weight is 478 g/mol. The summed E-state index contributed by atoms with van der Waals surface area (Å²) in [5, 5.41) is 8.09. The van der Waals surface area contributed by atoms with Crippen LogP contribution in [0.15, 0.2) is 103 Å². The summed E-state index contributed by atoms with van der Waals surface area (Å²) in [6, 6.07) is 20.6. The van der Waals surface area contributed by atoms with E-state index in [-0.39, 0.29) is 24.8 Å². The number of allylic oxidation sites excluding steroid dienone is 4. The molecular weight excluding hydrogens is 457 g/mol. The molecule has 1 heterocycles. The van der Waals surface area contributed by atoms with Crippen molar-refractivity contribution in [2.45, 2.75) is 19.6 Å². The minimum Gasteiger partial charge on any atom is -0.483 e. The van der Waals surface area contributed by atoms with Crippen molar-refractivity contribution in [1.29, 1.82) is 0 Å². The van der Waals surface area contributed by atoms with Gasteiger partial charge in [-0.05, 0) is 35.3 Å². The largest absolute Gasteiger partial charge is 0.573 e. The molecule has 0 spiro atoms. The van der Waals surface area contributed by atoms with Crippen molar-refractivity contribution in [2.75, 3.05) is 0 Å². The summed E-state index contributed by atoms with van der Waals surface area (Å²) in [5.74, 6) is 5.39. The molecule has 2 aromatic carbocycles. The summed E-state index contributed by atoms with van der Waals surface area (Å²) in [5.41, 5.74) is 2.14. The highest BCUT2D eigenvalue weighted by Crippen LogP contribution is 2.26. The highest BCUT2D eigenvalue weighted by Gasteiger charge is 2.31. The predicted octanol–water partition coefficient (Wildman–Crippen LogP) is 6.15. The van der Waals surface area contributed by atoms with Crippen LogP contribution in [0.3, 0.4) is 0 Å². The van der Waals surface area contributed by atoms with E-state index in [9.17, 15) is 13.2 Å². The molecule has 3 rings (SSSR count). The van der Waals surface area contributed by atoms with Crippen LogP contribution in [0, 0.1) is 11.8 Å². The molecular formula is C27H21F3N2O3. The number of alkyl halides is 3. The molecule has 0 amide bonds. The van der Waals surface area contributed by atoms with Crippen molar-refractivity contribution in [3.8, 4) is 23.5 Å². The fraction of sp³-hybridized carbons (Fsp3) is 0.111. The summed E-state index contributed by atoms with van der Waals surface area (Å²) >= 11 is 0. The number of halogens is 3. The molecule has 0 unspecified atom stereocenters. The number of hydrogen-bond acceptors (Lipinski definition) is 5. The number of ether oxygens (including phenoxy) is 3. The molecule has 8 heteroatoms. The van der Waals surface area contributed by atoms with Crippen LogP contribution in [0.5, 0.6) is 11.6 Å². The van der Waals surface area contributed by atoms with Crippen LogP contribution in [0.25, 0.3) is 0 Å². The van der Waals surface area contributed by atoms with Gasteiger partial charge in [0.25, 0.3) is 5.88 Å². The van der Waals surface area contributed by atoms with Crippen LogP contribution in [0.2, 0.25) is 0 Å². The number of hydrogen-bond donors (Lipinski definition) is 0. The van der Waals surface area contributed by atoms with E-state index in [0.29, 0.717) is 5.75 Å². The third-order valence-corrected chi connectivity index (χ3v) is 4.23. The molecule has 0 aliphatic heterocycles. The maximum atomic E-state index is 12.4. The number of rotatable bonds is 9. The van der Waals surface area contributed by atoms with Gasteiger partial charge >= 0.3 is 6.36 Å². The monoisotopic (exact) mass is 478 g/mol.